The van der Waals surface area contributed by atoms with E-state index in [1.807, 2.05) is 51.2 Å². The lowest BCUT2D eigenvalue weighted by molar-refractivity contribution is -0.123. The fourth-order valence-corrected chi connectivity index (χ4v) is 2.91. The van der Waals surface area contributed by atoms with E-state index in [1.165, 1.54) is 12.1 Å². The lowest BCUT2D eigenvalue weighted by Crippen LogP contribution is -2.38. The van der Waals surface area contributed by atoms with Crippen LogP contribution in [0, 0.1) is 12.7 Å². The summed E-state index contributed by atoms with van der Waals surface area (Å²) < 4.78 is 18.9. The Morgan fingerprint density at radius 3 is 2.65 bits per heavy atom. The van der Waals surface area contributed by atoms with Crippen molar-refractivity contribution in [2.24, 2.45) is 0 Å². The number of nitrogens with one attached hydrogen (secondary N) is 2. The van der Waals surface area contributed by atoms with Crippen LogP contribution in [0.5, 0.6) is 5.75 Å². The Morgan fingerprint density at radius 1 is 1.19 bits per heavy atom. The Labute approximate surface area is 152 Å². The van der Waals surface area contributed by atoms with Crippen LogP contribution in [0.4, 0.5) is 4.39 Å². The van der Waals surface area contributed by atoms with E-state index >= 15 is 0 Å². The van der Waals surface area contributed by atoms with E-state index in [1.54, 1.807) is 6.07 Å². The van der Waals surface area contributed by atoms with Gasteiger partial charge in [-0.1, -0.05) is 31.5 Å². The summed E-state index contributed by atoms with van der Waals surface area (Å²) in [6.07, 6.45) is 1.87. The minimum Gasteiger partial charge on any atom is -0.484 e. The van der Waals surface area contributed by atoms with Crippen molar-refractivity contribution in [1.29, 1.82) is 0 Å². The summed E-state index contributed by atoms with van der Waals surface area (Å²) >= 11 is 0. The second kappa shape index (κ2) is 7.20. The van der Waals surface area contributed by atoms with Crippen LogP contribution in [0.15, 0.2) is 48.7 Å². The Balaban J connectivity index is 1.60. The maximum absolute atomic E-state index is 13.4. The first kappa shape index (κ1) is 18.0. The molecule has 136 valence electrons. The highest BCUT2D eigenvalue weighted by atomic mass is 19.1. The second-order valence-electron chi connectivity index (χ2n) is 7.15. The zero-order valence-corrected chi connectivity index (χ0v) is 15.2. The molecule has 3 aromatic rings. The fraction of sp³-hybridized carbons (Fsp3) is 0.286. The summed E-state index contributed by atoms with van der Waals surface area (Å²) in [4.78, 5) is 15.2. The molecule has 0 radical (unpaired) electrons. The summed E-state index contributed by atoms with van der Waals surface area (Å²) in [6, 6.07) is 12.3. The number of fused-ring (bicyclic) bond motifs is 1. The molecule has 0 bridgehead atoms. The fourth-order valence-electron chi connectivity index (χ4n) is 2.91. The van der Waals surface area contributed by atoms with Crippen molar-refractivity contribution >= 4 is 16.8 Å². The van der Waals surface area contributed by atoms with E-state index in [-0.39, 0.29) is 23.7 Å². The molecule has 0 aliphatic carbocycles. The van der Waals surface area contributed by atoms with Crippen molar-refractivity contribution in [3.05, 3.63) is 65.6 Å². The molecule has 0 atom stereocenters. The Kier molecular flexibility index (Phi) is 4.98. The highest BCUT2D eigenvalue weighted by Gasteiger charge is 2.25. The predicted molar refractivity (Wildman–Crippen MR) is 101 cm³/mol. The molecule has 4 nitrogen and oxygen atoms in total. The zero-order chi connectivity index (χ0) is 18.7. The minimum atomic E-state index is -0.310. The van der Waals surface area contributed by atoms with Gasteiger partial charge in [0, 0.05) is 29.1 Å². The molecule has 1 aromatic heterocycles. The van der Waals surface area contributed by atoms with Gasteiger partial charge in [-0.2, -0.15) is 0 Å². The Hall–Kier alpha value is -2.82. The van der Waals surface area contributed by atoms with E-state index in [9.17, 15) is 9.18 Å². The number of aryl methyl sites for hydroxylation is 1. The Morgan fingerprint density at radius 2 is 1.92 bits per heavy atom. The maximum atomic E-state index is 13.4. The average molecular weight is 354 g/mol. The number of rotatable bonds is 6. The number of halogens is 1. The lowest BCUT2D eigenvalue weighted by atomic mass is 9.84. The molecular weight excluding hydrogens is 331 g/mol. The van der Waals surface area contributed by atoms with E-state index in [2.05, 4.69) is 10.3 Å². The van der Waals surface area contributed by atoms with Crippen molar-refractivity contribution in [2.75, 3.05) is 13.2 Å². The predicted octanol–water partition coefficient (Wildman–Crippen LogP) is 4.09. The molecule has 0 aliphatic rings. The third-order valence-electron chi connectivity index (χ3n) is 4.49. The number of carbonyl (C=O) groups is 1. The number of carbonyl (C=O) groups excluding carboxylic acids is 1. The second-order valence-corrected chi connectivity index (χ2v) is 7.15. The number of hydrogen-bond donors (Lipinski definition) is 2. The van der Waals surface area contributed by atoms with Crippen LogP contribution in [-0.4, -0.2) is 24.0 Å². The van der Waals surface area contributed by atoms with Gasteiger partial charge < -0.3 is 15.0 Å². The number of benzene rings is 2. The van der Waals surface area contributed by atoms with Gasteiger partial charge in [0.2, 0.25) is 0 Å². The molecule has 26 heavy (non-hydrogen) atoms. The smallest absolute Gasteiger partial charge is 0.257 e. The summed E-state index contributed by atoms with van der Waals surface area (Å²) in [5.41, 5.74) is 2.62. The van der Waals surface area contributed by atoms with Gasteiger partial charge in [0.05, 0.1) is 0 Å². The number of H-pyrrole nitrogens is 1. The molecule has 2 aromatic carbocycles. The molecule has 0 saturated heterocycles. The summed E-state index contributed by atoms with van der Waals surface area (Å²) in [5, 5.41) is 3.88. The molecular formula is C21H23FN2O2. The Bertz CT molecular complexity index is 913. The highest BCUT2D eigenvalue weighted by Crippen LogP contribution is 2.30. The van der Waals surface area contributed by atoms with Gasteiger partial charge >= 0.3 is 0 Å². The highest BCUT2D eigenvalue weighted by molar-refractivity contribution is 5.84. The third-order valence-corrected chi connectivity index (χ3v) is 4.49. The third kappa shape index (κ3) is 4.04. The first-order valence-corrected chi connectivity index (χ1v) is 8.58. The van der Waals surface area contributed by atoms with Crippen LogP contribution in [0.3, 0.4) is 0 Å². The number of ether oxygens (including phenoxy) is 1. The van der Waals surface area contributed by atoms with Crippen molar-refractivity contribution in [3.8, 4) is 5.75 Å². The van der Waals surface area contributed by atoms with Crippen LogP contribution in [0.2, 0.25) is 0 Å². The quantitative estimate of drug-likeness (QED) is 0.701. The molecule has 0 fully saturated rings. The number of hydrogen-bond acceptors (Lipinski definition) is 2. The SMILES string of the molecule is Cc1ccc(OCC(=O)NCC(C)(C)c2c[nH]c3cc(F)ccc23)cc1. The molecule has 5 heteroatoms. The summed E-state index contributed by atoms with van der Waals surface area (Å²) in [5.74, 6) is 0.221. The van der Waals surface area contributed by atoms with Gasteiger partial charge in [-0.05, 0) is 42.8 Å². The molecule has 0 aliphatic heterocycles. The van der Waals surface area contributed by atoms with Crippen LogP contribution >= 0.6 is 0 Å². The number of amides is 1. The molecule has 0 saturated carbocycles. The number of aromatic amines is 1. The zero-order valence-electron chi connectivity index (χ0n) is 15.2. The van der Waals surface area contributed by atoms with E-state index in [0.29, 0.717) is 12.3 Å². The first-order chi connectivity index (χ1) is 12.3. The molecule has 2 N–H and O–H groups in total. The molecule has 0 unspecified atom stereocenters. The van der Waals surface area contributed by atoms with E-state index < -0.39 is 0 Å². The van der Waals surface area contributed by atoms with Gasteiger partial charge in [-0.15, -0.1) is 0 Å². The van der Waals surface area contributed by atoms with Crippen molar-refractivity contribution in [1.82, 2.24) is 10.3 Å². The van der Waals surface area contributed by atoms with Crippen LogP contribution in [-0.2, 0) is 10.2 Å². The van der Waals surface area contributed by atoms with Gasteiger partial charge in [-0.25, -0.2) is 4.39 Å². The van der Waals surface area contributed by atoms with Gasteiger partial charge in [0.1, 0.15) is 11.6 Å². The van der Waals surface area contributed by atoms with Crippen LogP contribution in [0.1, 0.15) is 25.0 Å². The lowest BCUT2D eigenvalue weighted by Gasteiger charge is -2.25. The average Bonchev–Trinajstić information content (AvgIpc) is 3.03. The standard InChI is InChI=1S/C21H23FN2O2/c1-14-4-7-16(8-5-14)26-12-20(25)24-13-21(2,3)18-11-23-19-10-15(22)6-9-17(18)19/h4-11,23H,12-13H2,1-3H3,(H,24,25). The molecule has 1 heterocycles. The normalized spacial score (nSPS) is 11.5. The van der Waals surface area contributed by atoms with Gasteiger partial charge in [0.15, 0.2) is 6.61 Å². The van der Waals surface area contributed by atoms with Crippen LogP contribution in [0.25, 0.3) is 10.9 Å². The van der Waals surface area contributed by atoms with E-state index in [4.69, 9.17) is 4.74 Å². The van der Waals surface area contributed by atoms with Crippen molar-refractivity contribution in [2.45, 2.75) is 26.2 Å². The molecule has 1 amide bonds. The largest absolute Gasteiger partial charge is 0.484 e. The maximum Gasteiger partial charge on any atom is 0.257 e. The summed E-state index contributed by atoms with van der Waals surface area (Å²) in [6.45, 7) is 6.50. The van der Waals surface area contributed by atoms with Gasteiger partial charge in [-0.3, -0.25) is 4.79 Å². The van der Waals surface area contributed by atoms with E-state index in [0.717, 1.165) is 22.0 Å². The van der Waals surface area contributed by atoms with Crippen molar-refractivity contribution < 1.29 is 13.9 Å². The summed E-state index contributed by atoms with van der Waals surface area (Å²) in [7, 11) is 0. The van der Waals surface area contributed by atoms with Crippen molar-refractivity contribution in [3.63, 3.8) is 0 Å². The van der Waals surface area contributed by atoms with Crippen LogP contribution < -0.4 is 10.1 Å². The minimum absolute atomic E-state index is 0.0295. The topological polar surface area (TPSA) is 54.1 Å². The first-order valence-electron chi connectivity index (χ1n) is 8.58. The molecule has 3 rings (SSSR count). The molecule has 0 spiro atoms. The monoisotopic (exact) mass is 354 g/mol. The van der Waals surface area contributed by atoms with Gasteiger partial charge in [0.25, 0.3) is 5.91 Å². The number of aromatic nitrogens is 1.